The molecule has 1 aliphatic heterocycles. The zero-order chi connectivity index (χ0) is 19.0. The molecular weight excluding hydrogens is 340 g/mol. The summed E-state index contributed by atoms with van der Waals surface area (Å²) in [5.41, 5.74) is 1.34. The standard InChI is InChI=1S/C21H26N4O2/c1-3-17(20(26)24-12-8-4-5-9-13-24)25-18-11-7-6-10-15(18)16-14-22-23(2)21(27)19(16)25/h6-7,10-11,14,17H,3-5,8-9,12-13H2,1-2H3/t17-/m1/s1. The molecule has 0 N–H and O–H groups in total. The molecule has 0 spiro atoms. The van der Waals surface area contributed by atoms with Crippen molar-refractivity contribution >= 4 is 27.7 Å². The first kappa shape index (κ1) is 17.8. The molecule has 1 aromatic carbocycles. The molecule has 1 saturated heterocycles. The molecule has 3 aromatic rings. The number of aromatic nitrogens is 3. The number of aryl methyl sites for hydroxylation is 1. The molecular formula is C21H26N4O2. The fourth-order valence-electron chi connectivity index (χ4n) is 4.28. The van der Waals surface area contributed by atoms with E-state index < -0.39 is 0 Å². The number of rotatable bonds is 3. The van der Waals surface area contributed by atoms with Crippen LogP contribution in [-0.4, -0.2) is 38.2 Å². The summed E-state index contributed by atoms with van der Waals surface area (Å²) in [4.78, 5) is 28.4. The Hall–Kier alpha value is -2.63. The predicted octanol–water partition coefficient (Wildman–Crippen LogP) is 3.24. The summed E-state index contributed by atoms with van der Waals surface area (Å²) >= 11 is 0. The largest absolute Gasteiger partial charge is 0.341 e. The summed E-state index contributed by atoms with van der Waals surface area (Å²) in [5.74, 6) is 0.126. The quantitative estimate of drug-likeness (QED) is 0.715. The molecule has 0 saturated carbocycles. The minimum Gasteiger partial charge on any atom is -0.341 e. The van der Waals surface area contributed by atoms with Gasteiger partial charge in [0.1, 0.15) is 11.6 Å². The van der Waals surface area contributed by atoms with Crippen molar-refractivity contribution in [3.63, 3.8) is 0 Å². The third-order valence-corrected chi connectivity index (χ3v) is 5.71. The summed E-state index contributed by atoms with van der Waals surface area (Å²) in [6, 6.07) is 7.53. The molecule has 0 unspecified atom stereocenters. The maximum atomic E-state index is 13.4. The van der Waals surface area contributed by atoms with Gasteiger partial charge in [-0.25, -0.2) is 4.68 Å². The van der Waals surface area contributed by atoms with E-state index in [4.69, 9.17) is 0 Å². The van der Waals surface area contributed by atoms with E-state index in [-0.39, 0.29) is 17.5 Å². The highest BCUT2D eigenvalue weighted by atomic mass is 16.2. The number of carbonyl (C=O) groups excluding carboxylic acids is 1. The van der Waals surface area contributed by atoms with E-state index in [2.05, 4.69) is 5.10 Å². The highest BCUT2D eigenvalue weighted by molar-refractivity contribution is 6.08. The molecule has 1 aliphatic rings. The molecule has 27 heavy (non-hydrogen) atoms. The van der Waals surface area contributed by atoms with Crippen molar-refractivity contribution in [1.82, 2.24) is 19.2 Å². The van der Waals surface area contributed by atoms with E-state index in [1.165, 1.54) is 17.5 Å². The third-order valence-electron chi connectivity index (χ3n) is 5.71. The first-order valence-electron chi connectivity index (χ1n) is 9.87. The van der Waals surface area contributed by atoms with Crippen LogP contribution in [0.25, 0.3) is 21.8 Å². The van der Waals surface area contributed by atoms with Gasteiger partial charge in [0.2, 0.25) is 5.91 Å². The zero-order valence-electron chi connectivity index (χ0n) is 16.0. The molecule has 0 bridgehead atoms. The average Bonchev–Trinajstić information content (AvgIpc) is 2.84. The van der Waals surface area contributed by atoms with Crippen molar-refractivity contribution in [3.8, 4) is 0 Å². The molecule has 4 rings (SSSR count). The van der Waals surface area contributed by atoms with Crippen LogP contribution in [0.15, 0.2) is 35.3 Å². The lowest BCUT2D eigenvalue weighted by molar-refractivity contribution is -0.134. The van der Waals surface area contributed by atoms with E-state index in [9.17, 15) is 9.59 Å². The lowest BCUT2D eigenvalue weighted by Crippen LogP contribution is -2.38. The van der Waals surface area contributed by atoms with Gasteiger partial charge in [-0.3, -0.25) is 9.59 Å². The third kappa shape index (κ3) is 2.93. The predicted molar refractivity (Wildman–Crippen MR) is 107 cm³/mol. The second-order valence-electron chi connectivity index (χ2n) is 7.39. The zero-order valence-corrected chi connectivity index (χ0v) is 16.0. The van der Waals surface area contributed by atoms with E-state index >= 15 is 0 Å². The second-order valence-corrected chi connectivity index (χ2v) is 7.39. The number of fused-ring (bicyclic) bond motifs is 3. The van der Waals surface area contributed by atoms with Crippen LogP contribution in [-0.2, 0) is 11.8 Å². The molecule has 6 nitrogen and oxygen atoms in total. The van der Waals surface area contributed by atoms with Crippen LogP contribution in [0.2, 0.25) is 0 Å². The molecule has 2 aromatic heterocycles. The number of hydrogen-bond acceptors (Lipinski definition) is 3. The molecule has 0 aliphatic carbocycles. The summed E-state index contributed by atoms with van der Waals surface area (Å²) < 4.78 is 3.31. The van der Waals surface area contributed by atoms with Crippen molar-refractivity contribution in [2.24, 2.45) is 7.05 Å². The van der Waals surface area contributed by atoms with Gasteiger partial charge in [0.25, 0.3) is 5.56 Å². The Kier molecular flexibility index (Phi) is 4.72. The summed E-state index contributed by atoms with van der Waals surface area (Å²) in [7, 11) is 1.65. The lowest BCUT2D eigenvalue weighted by atomic mass is 10.1. The maximum Gasteiger partial charge on any atom is 0.291 e. The molecule has 1 fully saturated rings. The van der Waals surface area contributed by atoms with Gasteiger partial charge in [-0.2, -0.15) is 5.10 Å². The number of hydrogen-bond donors (Lipinski definition) is 0. The smallest absolute Gasteiger partial charge is 0.291 e. The van der Waals surface area contributed by atoms with Crippen molar-refractivity contribution < 1.29 is 4.79 Å². The van der Waals surface area contributed by atoms with Gasteiger partial charge in [0, 0.05) is 30.9 Å². The Morgan fingerprint density at radius 3 is 2.52 bits per heavy atom. The van der Waals surface area contributed by atoms with Crippen LogP contribution in [0.3, 0.4) is 0 Å². The van der Waals surface area contributed by atoms with E-state index in [0.717, 1.165) is 42.2 Å². The average molecular weight is 366 g/mol. The van der Waals surface area contributed by atoms with Crippen LogP contribution in [0.1, 0.15) is 45.1 Å². The van der Waals surface area contributed by atoms with Crippen molar-refractivity contribution in [2.75, 3.05) is 13.1 Å². The second kappa shape index (κ2) is 7.18. The molecule has 3 heterocycles. The van der Waals surface area contributed by atoms with Gasteiger partial charge >= 0.3 is 0 Å². The number of nitrogens with zero attached hydrogens (tertiary/aromatic N) is 4. The summed E-state index contributed by atoms with van der Waals surface area (Å²) in [6.45, 7) is 3.64. The van der Waals surface area contributed by atoms with Gasteiger partial charge in [0.15, 0.2) is 0 Å². The minimum absolute atomic E-state index is 0.126. The number of benzene rings is 1. The number of para-hydroxylation sites is 1. The fourth-order valence-corrected chi connectivity index (χ4v) is 4.28. The molecule has 0 radical (unpaired) electrons. The van der Waals surface area contributed by atoms with Crippen molar-refractivity contribution in [3.05, 3.63) is 40.8 Å². The van der Waals surface area contributed by atoms with Gasteiger partial charge < -0.3 is 9.47 Å². The topological polar surface area (TPSA) is 60.1 Å². The van der Waals surface area contributed by atoms with E-state index in [0.29, 0.717) is 11.9 Å². The summed E-state index contributed by atoms with van der Waals surface area (Å²) in [6.07, 6.45) is 6.86. The van der Waals surface area contributed by atoms with Crippen LogP contribution in [0.5, 0.6) is 0 Å². The maximum absolute atomic E-state index is 13.4. The van der Waals surface area contributed by atoms with E-state index in [1.54, 1.807) is 13.2 Å². The molecule has 1 amide bonds. The first-order chi connectivity index (χ1) is 13.1. The number of carbonyl (C=O) groups is 1. The van der Waals surface area contributed by atoms with Gasteiger partial charge in [-0.1, -0.05) is 38.0 Å². The van der Waals surface area contributed by atoms with Crippen LogP contribution in [0.4, 0.5) is 0 Å². The lowest BCUT2D eigenvalue weighted by Gasteiger charge is -2.27. The van der Waals surface area contributed by atoms with E-state index in [1.807, 2.05) is 40.7 Å². The fraction of sp³-hybridized carbons (Fsp3) is 0.476. The van der Waals surface area contributed by atoms with Gasteiger partial charge in [-0.05, 0) is 25.3 Å². The molecule has 6 heteroatoms. The molecule has 1 atom stereocenters. The Labute approximate surface area is 158 Å². The SMILES string of the molecule is CC[C@H](C(=O)N1CCCCCC1)n1c2ccccc2c2cnn(C)c(=O)c21. The Morgan fingerprint density at radius 2 is 1.81 bits per heavy atom. The highest BCUT2D eigenvalue weighted by Crippen LogP contribution is 2.31. The monoisotopic (exact) mass is 366 g/mol. The van der Waals surface area contributed by atoms with Crippen molar-refractivity contribution in [1.29, 1.82) is 0 Å². The highest BCUT2D eigenvalue weighted by Gasteiger charge is 2.29. The Morgan fingerprint density at radius 1 is 1.11 bits per heavy atom. The summed E-state index contributed by atoms with van der Waals surface area (Å²) in [5, 5.41) is 5.99. The molecule has 142 valence electrons. The normalized spacial score (nSPS) is 16.6. The number of likely N-dealkylation sites (tertiary alicyclic amines) is 1. The Bertz CT molecular complexity index is 1040. The van der Waals surface area contributed by atoms with Crippen LogP contribution >= 0.6 is 0 Å². The van der Waals surface area contributed by atoms with Gasteiger partial charge in [-0.15, -0.1) is 0 Å². The Balaban J connectivity index is 1.93. The van der Waals surface area contributed by atoms with Crippen LogP contribution < -0.4 is 5.56 Å². The van der Waals surface area contributed by atoms with Crippen LogP contribution in [0, 0.1) is 0 Å². The number of amides is 1. The van der Waals surface area contributed by atoms with Gasteiger partial charge in [0.05, 0.1) is 11.7 Å². The minimum atomic E-state index is -0.374. The first-order valence-corrected chi connectivity index (χ1v) is 9.87. The van der Waals surface area contributed by atoms with Crippen molar-refractivity contribution in [2.45, 2.75) is 45.1 Å².